The molecule has 30 heavy (non-hydrogen) atoms. The van der Waals surface area contributed by atoms with E-state index in [1.807, 2.05) is 0 Å². The highest BCUT2D eigenvalue weighted by Gasteiger charge is 2.51. The molecule has 0 aromatic rings. The van der Waals surface area contributed by atoms with Crippen LogP contribution < -0.4 is 10.6 Å². The van der Waals surface area contributed by atoms with Crippen molar-refractivity contribution in [2.24, 2.45) is 29.1 Å². The number of nitrogens with one attached hydrogen (secondary N) is 2. The van der Waals surface area contributed by atoms with Crippen LogP contribution in [0.5, 0.6) is 0 Å². The summed E-state index contributed by atoms with van der Waals surface area (Å²) in [4.78, 5) is 37.1. The van der Waals surface area contributed by atoms with E-state index >= 15 is 0 Å². The van der Waals surface area contributed by atoms with Crippen molar-refractivity contribution in [3.63, 3.8) is 0 Å². The molecular formula is C24H38N2O4. The second-order valence-electron chi connectivity index (χ2n) is 10.9. The number of hydrogen-bond acceptors (Lipinski definition) is 4. The Labute approximate surface area is 180 Å². The molecule has 0 radical (unpaired) electrons. The lowest BCUT2D eigenvalue weighted by molar-refractivity contribution is -0.155. The molecule has 0 aromatic carbocycles. The molecule has 0 aliphatic heterocycles. The van der Waals surface area contributed by atoms with Crippen LogP contribution in [0.3, 0.4) is 0 Å². The van der Waals surface area contributed by atoms with Crippen molar-refractivity contribution in [2.45, 2.75) is 96.6 Å². The zero-order valence-corrected chi connectivity index (χ0v) is 18.6. The average molecular weight is 419 g/mol. The Morgan fingerprint density at radius 1 is 1.00 bits per heavy atom. The molecule has 6 heteroatoms. The van der Waals surface area contributed by atoms with Gasteiger partial charge in [-0.3, -0.25) is 14.4 Å². The molecule has 0 unspecified atom stereocenters. The van der Waals surface area contributed by atoms with Gasteiger partial charge in [-0.2, -0.15) is 0 Å². The third-order valence-corrected chi connectivity index (χ3v) is 8.25. The number of carbonyl (C=O) groups is 3. The SMILES string of the molecule is C[C@@H](OC(=O)CNC(=O)CC12CC3CC(CC(C3)C1)C2)C(=O)N[C@@H]1CCCC[C@@H]1C. The summed E-state index contributed by atoms with van der Waals surface area (Å²) >= 11 is 0. The molecule has 5 saturated carbocycles. The van der Waals surface area contributed by atoms with Crippen molar-refractivity contribution in [1.82, 2.24) is 10.6 Å². The Hall–Kier alpha value is -1.59. The van der Waals surface area contributed by atoms with Crippen LogP contribution in [-0.4, -0.2) is 36.5 Å². The summed E-state index contributed by atoms with van der Waals surface area (Å²) in [5.41, 5.74) is 0.159. The molecule has 2 amide bonds. The van der Waals surface area contributed by atoms with E-state index in [4.69, 9.17) is 4.74 Å². The van der Waals surface area contributed by atoms with Gasteiger partial charge in [0, 0.05) is 12.5 Å². The fourth-order valence-corrected chi connectivity index (χ4v) is 7.20. The molecule has 5 aliphatic rings. The van der Waals surface area contributed by atoms with E-state index in [1.54, 1.807) is 6.92 Å². The van der Waals surface area contributed by atoms with E-state index in [-0.39, 0.29) is 29.8 Å². The van der Waals surface area contributed by atoms with Gasteiger partial charge >= 0.3 is 5.97 Å². The molecule has 168 valence electrons. The molecule has 2 N–H and O–H groups in total. The molecule has 3 atom stereocenters. The number of carbonyl (C=O) groups excluding carboxylic acids is 3. The van der Waals surface area contributed by atoms with Gasteiger partial charge in [0.05, 0.1) is 0 Å². The third-order valence-electron chi connectivity index (χ3n) is 8.25. The largest absolute Gasteiger partial charge is 0.451 e. The molecule has 0 saturated heterocycles. The molecule has 0 aromatic heterocycles. The lowest BCUT2D eigenvalue weighted by Gasteiger charge is -2.56. The van der Waals surface area contributed by atoms with Gasteiger partial charge in [0.1, 0.15) is 6.54 Å². The summed E-state index contributed by atoms with van der Waals surface area (Å²) in [5, 5.41) is 5.77. The Balaban J connectivity index is 1.18. The van der Waals surface area contributed by atoms with Gasteiger partial charge in [-0.05, 0) is 87.4 Å². The van der Waals surface area contributed by atoms with Crippen LogP contribution in [0, 0.1) is 29.1 Å². The van der Waals surface area contributed by atoms with E-state index in [1.165, 1.54) is 44.9 Å². The summed E-state index contributed by atoms with van der Waals surface area (Å²) in [5.74, 6) is 2.02. The van der Waals surface area contributed by atoms with Crippen LogP contribution in [-0.2, 0) is 19.1 Å². The zero-order valence-electron chi connectivity index (χ0n) is 18.6. The second kappa shape index (κ2) is 8.88. The topological polar surface area (TPSA) is 84.5 Å². The van der Waals surface area contributed by atoms with Crippen LogP contribution in [0.1, 0.15) is 84.5 Å². The van der Waals surface area contributed by atoms with Gasteiger partial charge in [-0.15, -0.1) is 0 Å². The molecule has 5 fully saturated rings. The molecule has 4 bridgehead atoms. The van der Waals surface area contributed by atoms with Gasteiger partial charge in [0.15, 0.2) is 6.10 Å². The van der Waals surface area contributed by atoms with E-state index in [2.05, 4.69) is 17.6 Å². The first-order valence-electron chi connectivity index (χ1n) is 12.1. The number of hydrogen-bond donors (Lipinski definition) is 2. The van der Waals surface area contributed by atoms with Crippen molar-refractivity contribution < 1.29 is 19.1 Å². The van der Waals surface area contributed by atoms with Crippen LogP contribution >= 0.6 is 0 Å². The van der Waals surface area contributed by atoms with Crippen molar-refractivity contribution in [3.05, 3.63) is 0 Å². The second-order valence-corrected chi connectivity index (χ2v) is 10.9. The Morgan fingerprint density at radius 3 is 2.20 bits per heavy atom. The molecular weight excluding hydrogens is 380 g/mol. The first kappa shape index (κ1) is 21.6. The number of ether oxygens (including phenoxy) is 1. The van der Waals surface area contributed by atoms with Gasteiger partial charge in [-0.25, -0.2) is 0 Å². The first-order chi connectivity index (χ1) is 14.3. The lowest BCUT2D eigenvalue weighted by atomic mass is 9.49. The molecule has 5 aliphatic carbocycles. The summed E-state index contributed by atoms with van der Waals surface area (Å²) < 4.78 is 5.27. The number of rotatable bonds is 7. The van der Waals surface area contributed by atoms with E-state index in [0.717, 1.165) is 37.0 Å². The quantitative estimate of drug-likeness (QED) is 0.621. The van der Waals surface area contributed by atoms with E-state index in [0.29, 0.717) is 12.3 Å². The summed E-state index contributed by atoms with van der Waals surface area (Å²) in [6.07, 6.45) is 11.7. The van der Waals surface area contributed by atoms with Crippen molar-refractivity contribution in [1.29, 1.82) is 0 Å². The number of esters is 1. The van der Waals surface area contributed by atoms with Crippen LogP contribution in [0.15, 0.2) is 0 Å². The first-order valence-corrected chi connectivity index (χ1v) is 12.1. The fourth-order valence-electron chi connectivity index (χ4n) is 7.20. The Bertz CT molecular complexity index is 641. The highest BCUT2D eigenvalue weighted by molar-refractivity contribution is 5.86. The summed E-state index contributed by atoms with van der Waals surface area (Å²) in [7, 11) is 0. The molecule has 5 rings (SSSR count). The number of amides is 2. The smallest absolute Gasteiger partial charge is 0.326 e. The normalized spacial score (nSPS) is 38.0. The maximum atomic E-state index is 12.6. The highest BCUT2D eigenvalue weighted by atomic mass is 16.5. The molecule has 0 spiro atoms. The van der Waals surface area contributed by atoms with Crippen LogP contribution in [0.25, 0.3) is 0 Å². The molecule has 6 nitrogen and oxygen atoms in total. The monoisotopic (exact) mass is 418 g/mol. The Kier molecular flexibility index (Phi) is 6.40. The Morgan fingerprint density at radius 2 is 1.60 bits per heavy atom. The standard InChI is InChI=1S/C24H38N2O4/c1-15-5-3-4-6-20(15)26-23(29)16(2)30-22(28)14-25-21(27)13-24-10-17-7-18(11-24)9-19(8-17)12-24/h15-20H,3-14H2,1-2H3,(H,25,27)(H,26,29)/t15-,16+,17?,18?,19?,20+,24?/m0/s1. The van der Waals surface area contributed by atoms with E-state index < -0.39 is 12.1 Å². The van der Waals surface area contributed by atoms with Crippen molar-refractivity contribution >= 4 is 17.8 Å². The van der Waals surface area contributed by atoms with Crippen molar-refractivity contribution in [3.8, 4) is 0 Å². The van der Waals surface area contributed by atoms with Gasteiger partial charge in [0.25, 0.3) is 5.91 Å². The molecule has 0 heterocycles. The zero-order chi connectivity index (χ0) is 21.3. The minimum absolute atomic E-state index is 0.0537. The minimum atomic E-state index is -0.841. The minimum Gasteiger partial charge on any atom is -0.451 e. The fraction of sp³-hybridized carbons (Fsp3) is 0.875. The van der Waals surface area contributed by atoms with Crippen LogP contribution in [0.4, 0.5) is 0 Å². The van der Waals surface area contributed by atoms with Gasteiger partial charge < -0.3 is 15.4 Å². The predicted molar refractivity (Wildman–Crippen MR) is 113 cm³/mol. The lowest BCUT2D eigenvalue weighted by Crippen LogP contribution is -2.48. The maximum Gasteiger partial charge on any atom is 0.326 e. The highest BCUT2D eigenvalue weighted by Crippen LogP contribution is 2.61. The van der Waals surface area contributed by atoms with E-state index in [9.17, 15) is 14.4 Å². The van der Waals surface area contributed by atoms with Gasteiger partial charge in [-0.1, -0.05) is 19.8 Å². The third kappa shape index (κ3) is 5.00. The van der Waals surface area contributed by atoms with Gasteiger partial charge in [0.2, 0.25) is 5.91 Å². The predicted octanol–water partition coefficient (Wildman–Crippen LogP) is 3.34. The summed E-state index contributed by atoms with van der Waals surface area (Å²) in [6.45, 7) is 3.58. The van der Waals surface area contributed by atoms with Crippen molar-refractivity contribution in [2.75, 3.05) is 6.54 Å². The van der Waals surface area contributed by atoms with Crippen LogP contribution in [0.2, 0.25) is 0 Å². The maximum absolute atomic E-state index is 12.6. The average Bonchev–Trinajstić information content (AvgIpc) is 2.66. The summed E-state index contributed by atoms with van der Waals surface area (Å²) in [6, 6.07) is 0.160.